The van der Waals surface area contributed by atoms with Crippen molar-refractivity contribution in [3.05, 3.63) is 70.0 Å². The van der Waals surface area contributed by atoms with Crippen LogP contribution in [0.3, 0.4) is 0 Å². The summed E-state index contributed by atoms with van der Waals surface area (Å²) in [6.45, 7) is 3.91. The van der Waals surface area contributed by atoms with E-state index in [0.717, 1.165) is 22.3 Å². The molecule has 0 aliphatic rings. The van der Waals surface area contributed by atoms with Crippen molar-refractivity contribution in [3.63, 3.8) is 0 Å². The van der Waals surface area contributed by atoms with Crippen LogP contribution in [0.1, 0.15) is 28.7 Å². The molecule has 3 rings (SSSR count). The summed E-state index contributed by atoms with van der Waals surface area (Å²) in [6, 6.07) is 15.5. The first-order valence-corrected chi connectivity index (χ1v) is 8.46. The number of carbonyl (C=O) groups excluding carboxylic acids is 1. The average molecular weight is 385 g/mol. The van der Waals surface area contributed by atoms with Gasteiger partial charge in [0.2, 0.25) is 0 Å². The Morgan fingerprint density at radius 3 is 2.75 bits per heavy atom. The largest absolute Gasteiger partial charge is 0.321 e. The van der Waals surface area contributed by atoms with Gasteiger partial charge in [0.1, 0.15) is 0 Å². The zero-order valence-corrected chi connectivity index (χ0v) is 15.0. The summed E-state index contributed by atoms with van der Waals surface area (Å²) in [5.74, 6) is -0.262. The zero-order chi connectivity index (χ0) is 17.1. The number of halogens is 1. The molecule has 1 amide bonds. The van der Waals surface area contributed by atoms with Crippen molar-refractivity contribution in [1.29, 1.82) is 0 Å². The first kappa shape index (κ1) is 16.4. The third kappa shape index (κ3) is 3.38. The molecule has 122 valence electrons. The molecule has 0 atom stereocenters. The van der Waals surface area contributed by atoms with E-state index in [0.29, 0.717) is 11.4 Å². The molecule has 0 aliphatic heterocycles. The van der Waals surface area contributed by atoms with E-state index in [2.05, 4.69) is 38.5 Å². The molecule has 2 aromatic carbocycles. The van der Waals surface area contributed by atoms with Crippen molar-refractivity contribution in [2.45, 2.75) is 20.3 Å². The van der Waals surface area contributed by atoms with Crippen LogP contribution in [0.2, 0.25) is 0 Å². The van der Waals surface area contributed by atoms with E-state index in [1.807, 2.05) is 55.5 Å². The molecule has 0 unspecified atom stereocenters. The highest BCUT2D eigenvalue weighted by molar-refractivity contribution is 9.10. The normalized spacial score (nSPS) is 10.6. The maximum absolute atomic E-state index is 12.5. The van der Waals surface area contributed by atoms with E-state index in [9.17, 15) is 4.79 Å². The lowest BCUT2D eigenvalue weighted by molar-refractivity contribution is 0.102. The first-order chi connectivity index (χ1) is 11.6. The quantitative estimate of drug-likeness (QED) is 0.734. The van der Waals surface area contributed by atoms with Gasteiger partial charge in [0, 0.05) is 10.2 Å². The Balaban J connectivity index is 1.86. The van der Waals surface area contributed by atoms with Gasteiger partial charge in [0.05, 0.1) is 11.4 Å². The standard InChI is InChI=1S/C18H17BrN4O/c1-3-13-6-4-8-15(10-13)20-18(24)17-12(2)23(22-21-17)16-9-5-7-14(19)11-16/h4-11H,3H2,1-2H3,(H,20,24). The van der Waals surface area contributed by atoms with Crippen molar-refractivity contribution in [2.24, 2.45) is 0 Å². The van der Waals surface area contributed by atoms with Crippen molar-refractivity contribution in [3.8, 4) is 5.69 Å². The second-order valence-corrected chi connectivity index (χ2v) is 6.34. The van der Waals surface area contributed by atoms with E-state index in [1.54, 1.807) is 4.68 Å². The summed E-state index contributed by atoms with van der Waals surface area (Å²) in [6.07, 6.45) is 0.918. The van der Waals surface area contributed by atoms with E-state index in [-0.39, 0.29) is 5.91 Å². The van der Waals surface area contributed by atoms with E-state index < -0.39 is 0 Å². The number of anilines is 1. The number of carbonyl (C=O) groups is 1. The number of benzene rings is 2. The van der Waals surface area contributed by atoms with E-state index in [1.165, 1.54) is 5.56 Å². The molecule has 1 heterocycles. The number of hydrogen-bond acceptors (Lipinski definition) is 3. The van der Waals surface area contributed by atoms with Crippen molar-refractivity contribution >= 4 is 27.5 Å². The van der Waals surface area contributed by atoms with Crippen LogP contribution in [-0.4, -0.2) is 20.9 Å². The maximum atomic E-state index is 12.5. The lowest BCUT2D eigenvalue weighted by Gasteiger charge is -2.06. The second-order valence-electron chi connectivity index (χ2n) is 5.42. The third-order valence-corrected chi connectivity index (χ3v) is 4.25. The molecule has 0 spiro atoms. The highest BCUT2D eigenvalue weighted by Gasteiger charge is 2.17. The number of hydrogen-bond donors (Lipinski definition) is 1. The molecule has 5 nitrogen and oxygen atoms in total. The van der Waals surface area contributed by atoms with Gasteiger partial charge >= 0.3 is 0 Å². The predicted molar refractivity (Wildman–Crippen MR) is 97.6 cm³/mol. The number of amides is 1. The van der Waals surface area contributed by atoms with Gasteiger partial charge in [0.15, 0.2) is 5.69 Å². The van der Waals surface area contributed by atoms with Crippen LogP contribution in [0.15, 0.2) is 53.0 Å². The van der Waals surface area contributed by atoms with Gasteiger partial charge in [-0.3, -0.25) is 4.79 Å². The Hall–Kier alpha value is -2.47. The van der Waals surface area contributed by atoms with Gasteiger partial charge in [-0.1, -0.05) is 46.3 Å². The van der Waals surface area contributed by atoms with Crippen LogP contribution < -0.4 is 5.32 Å². The van der Waals surface area contributed by atoms with E-state index >= 15 is 0 Å². The minimum absolute atomic E-state index is 0.262. The fourth-order valence-corrected chi connectivity index (χ4v) is 2.84. The van der Waals surface area contributed by atoms with Gasteiger partial charge in [-0.2, -0.15) is 0 Å². The highest BCUT2D eigenvalue weighted by atomic mass is 79.9. The van der Waals surface area contributed by atoms with Crippen LogP contribution in [-0.2, 0) is 6.42 Å². The molecule has 0 saturated heterocycles. The Morgan fingerprint density at radius 2 is 2.00 bits per heavy atom. The summed E-state index contributed by atoms with van der Waals surface area (Å²) < 4.78 is 2.60. The molecule has 24 heavy (non-hydrogen) atoms. The second kappa shape index (κ2) is 6.97. The van der Waals surface area contributed by atoms with Gasteiger partial charge < -0.3 is 5.32 Å². The highest BCUT2D eigenvalue weighted by Crippen LogP contribution is 2.18. The molecular formula is C18H17BrN4O. The average Bonchev–Trinajstić information content (AvgIpc) is 2.96. The van der Waals surface area contributed by atoms with Crippen molar-refractivity contribution in [1.82, 2.24) is 15.0 Å². The van der Waals surface area contributed by atoms with Crippen LogP contribution in [0.5, 0.6) is 0 Å². The Bertz CT molecular complexity index is 888. The van der Waals surface area contributed by atoms with Crippen LogP contribution in [0.4, 0.5) is 5.69 Å². The maximum Gasteiger partial charge on any atom is 0.278 e. The molecule has 0 saturated carbocycles. The third-order valence-electron chi connectivity index (χ3n) is 3.76. The minimum atomic E-state index is -0.262. The predicted octanol–water partition coefficient (Wildman–Crippen LogP) is 4.15. The zero-order valence-electron chi connectivity index (χ0n) is 13.5. The summed E-state index contributed by atoms with van der Waals surface area (Å²) in [7, 11) is 0. The number of aromatic nitrogens is 3. The molecule has 0 aliphatic carbocycles. The molecule has 0 fully saturated rings. The Labute approximate surface area is 148 Å². The SMILES string of the molecule is CCc1cccc(NC(=O)c2nnn(-c3cccc(Br)c3)c2C)c1. The van der Waals surface area contributed by atoms with Gasteiger partial charge in [-0.05, 0) is 49.2 Å². The fraction of sp³-hybridized carbons (Fsp3) is 0.167. The van der Waals surface area contributed by atoms with Gasteiger partial charge in [0.25, 0.3) is 5.91 Å². The molecule has 1 aromatic heterocycles. The Morgan fingerprint density at radius 1 is 1.21 bits per heavy atom. The molecule has 3 aromatic rings. The topological polar surface area (TPSA) is 59.8 Å². The first-order valence-electron chi connectivity index (χ1n) is 7.67. The molecule has 6 heteroatoms. The smallest absolute Gasteiger partial charge is 0.278 e. The van der Waals surface area contributed by atoms with E-state index in [4.69, 9.17) is 0 Å². The number of nitrogens with one attached hydrogen (secondary N) is 1. The van der Waals surface area contributed by atoms with Crippen LogP contribution in [0.25, 0.3) is 5.69 Å². The summed E-state index contributed by atoms with van der Waals surface area (Å²) in [4.78, 5) is 12.5. The Kier molecular flexibility index (Phi) is 4.76. The van der Waals surface area contributed by atoms with Gasteiger partial charge in [-0.25, -0.2) is 4.68 Å². The molecule has 0 bridgehead atoms. The summed E-state index contributed by atoms with van der Waals surface area (Å²) in [5, 5.41) is 11.0. The molecular weight excluding hydrogens is 368 g/mol. The van der Waals surface area contributed by atoms with Gasteiger partial charge in [-0.15, -0.1) is 5.10 Å². The number of nitrogens with zero attached hydrogens (tertiary/aromatic N) is 3. The molecule has 0 radical (unpaired) electrons. The lowest BCUT2D eigenvalue weighted by Crippen LogP contribution is -2.14. The van der Waals surface area contributed by atoms with Crippen LogP contribution >= 0.6 is 15.9 Å². The summed E-state index contributed by atoms with van der Waals surface area (Å²) >= 11 is 3.44. The minimum Gasteiger partial charge on any atom is -0.321 e. The van der Waals surface area contributed by atoms with Crippen molar-refractivity contribution < 1.29 is 4.79 Å². The monoisotopic (exact) mass is 384 g/mol. The molecule has 1 N–H and O–H groups in total. The summed E-state index contributed by atoms with van der Waals surface area (Å²) in [5.41, 5.74) is 3.79. The lowest BCUT2D eigenvalue weighted by atomic mass is 10.1. The van der Waals surface area contributed by atoms with Crippen molar-refractivity contribution in [2.75, 3.05) is 5.32 Å². The fourth-order valence-electron chi connectivity index (χ4n) is 2.45. The van der Waals surface area contributed by atoms with Crippen LogP contribution in [0, 0.1) is 6.92 Å². The number of aryl methyl sites for hydroxylation is 1. The number of rotatable bonds is 4.